The highest BCUT2D eigenvalue weighted by atomic mass is 32.2. The van der Waals surface area contributed by atoms with Crippen molar-refractivity contribution >= 4 is 50.7 Å². The molecular weight excluding hydrogens is 418 g/mol. The second kappa shape index (κ2) is 7.55. The zero-order chi connectivity index (χ0) is 20.8. The number of amides is 1. The van der Waals surface area contributed by atoms with Gasteiger partial charge in [0.15, 0.2) is 5.16 Å². The van der Waals surface area contributed by atoms with E-state index in [1.54, 1.807) is 23.0 Å². The second-order valence-corrected chi connectivity index (χ2v) is 9.88. The van der Waals surface area contributed by atoms with Gasteiger partial charge in [0.05, 0.1) is 10.6 Å². The van der Waals surface area contributed by atoms with Gasteiger partial charge in [0.1, 0.15) is 4.83 Å². The van der Waals surface area contributed by atoms with Crippen molar-refractivity contribution in [2.75, 3.05) is 5.32 Å². The summed E-state index contributed by atoms with van der Waals surface area (Å²) in [6.07, 6.45) is 4.22. The molecule has 1 aromatic carbocycles. The average Bonchev–Trinajstić information content (AvgIpc) is 3.34. The van der Waals surface area contributed by atoms with Crippen LogP contribution in [-0.2, 0) is 24.7 Å². The van der Waals surface area contributed by atoms with Crippen LogP contribution in [0.15, 0.2) is 40.3 Å². The van der Waals surface area contributed by atoms with Crippen molar-refractivity contribution in [3.8, 4) is 0 Å². The minimum absolute atomic E-state index is 0.0179. The van der Waals surface area contributed by atoms with E-state index in [2.05, 4.69) is 15.5 Å². The number of nitrogens with zero attached hydrogens (tertiary/aromatic N) is 4. The molecule has 5 rings (SSSR count). The summed E-state index contributed by atoms with van der Waals surface area (Å²) in [5.74, 6) is 0.402. The quantitative estimate of drug-likeness (QED) is 0.491. The molecule has 0 radical (unpaired) electrons. The van der Waals surface area contributed by atoms with E-state index in [0.717, 1.165) is 41.6 Å². The average molecular weight is 440 g/mol. The molecule has 9 heteroatoms. The smallest absolute Gasteiger partial charge is 0.263 e. The Morgan fingerprint density at radius 3 is 2.77 bits per heavy atom. The maximum atomic E-state index is 13.0. The molecule has 154 valence electrons. The molecule has 1 aliphatic rings. The molecule has 0 saturated heterocycles. The van der Waals surface area contributed by atoms with Crippen LogP contribution >= 0.6 is 23.1 Å². The van der Waals surface area contributed by atoms with Crippen LogP contribution in [0.25, 0.3) is 16.0 Å². The SMILES string of the molecule is CC(Sc1nnc2n(C)c(=O)c3c4c(sc3n12)CCCC4)C(=O)Nc1ccccc1. The van der Waals surface area contributed by atoms with Gasteiger partial charge in [-0.15, -0.1) is 21.5 Å². The Kier molecular flexibility index (Phi) is 4.86. The number of aromatic nitrogens is 4. The maximum Gasteiger partial charge on any atom is 0.263 e. The molecule has 1 atom stereocenters. The first-order chi connectivity index (χ1) is 14.5. The molecule has 1 N–H and O–H groups in total. The molecule has 1 amide bonds. The molecular formula is C21H21N5O2S2. The Morgan fingerprint density at radius 1 is 1.20 bits per heavy atom. The molecule has 30 heavy (non-hydrogen) atoms. The van der Waals surface area contributed by atoms with E-state index in [1.807, 2.05) is 41.7 Å². The van der Waals surface area contributed by atoms with Crippen LogP contribution in [0.2, 0.25) is 0 Å². The summed E-state index contributed by atoms with van der Waals surface area (Å²) in [4.78, 5) is 27.9. The van der Waals surface area contributed by atoms with E-state index in [1.165, 1.54) is 22.2 Å². The van der Waals surface area contributed by atoms with Gasteiger partial charge in [-0.2, -0.15) is 0 Å². The van der Waals surface area contributed by atoms with Gasteiger partial charge in [-0.05, 0) is 50.3 Å². The van der Waals surface area contributed by atoms with Crippen molar-refractivity contribution in [1.82, 2.24) is 19.2 Å². The molecule has 0 fully saturated rings. The number of hydrogen-bond donors (Lipinski definition) is 1. The first-order valence-electron chi connectivity index (χ1n) is 9.95. The number of benzene rings is 1. The van der Waals surface area contributed by atoms with E-state index in [0.29, 0.717) is 10.9 Å². The van der Waals surface area contributed by atoms with Gasteiger partial charge in [0.2, 0.25) is 11.7 Å². The number of hydrogen-bond acceptors (Lipinski definition) is 6. The number of thiophene rings is 1. The third-order valence-corrected chi connectivity index (χ3v) is 7.80. The van der Waals surface area contributed by atoms with E-state index in [-0.39, 0.29) is 16.7 Å². The minimum atomic E-state index is -0.375. The highest BCUT2D eigenvalue weighted by Gasteiger charge is 2.25. The van der Waals surface area contributed by atoms with Gasteiger partial charge < -0.3 is 5.32 Å². The highest BCUT2D eigenvalue weighted by molar-refractivity contribution is 8.00. The number of carbonyl (C=O) groups excluding carboxylic acids is 1. The van der Waals surface area contributed by atoms with Gasteiger partial charge in [-0.25, -0.2) is 4.40 Å². The van der Waals surface area contributed by atoms with Gasteiger partial charge in [-0.3, -0.25) is 14.2 Å². The molecule has 0 aliphatic heterocycles. The predicted molar refractivity (Wildman–Crippen MR) is 121 cm³/mol. The summed E-state index contributed by atoms with van der Waals surface area (Å²) in [6.45, 7) is 1.85. The maximum absolute atomic E-state index is 13.0. The third-order valence-electron chi connectivity index (χ3n) is 5.48. The van der Waals surface area contributed by atoms with E-state index in [4.69, 9.17) is 0 Å². The summed E-state index contributed by atoms with van der Waals surface area (Å²) >= 11 is 3.02. The number of thioether (sulfide) groups is 1. The second-order valence-electron chi connectivity index (χ2n) is 7.49. The third kappa shape index (κ3) is 3.13. The molecule has 7 nitrogen and oxygen atoms in total. The Morgan fingerprint density at radius 2 is 1.97 bits per heavy atom. The molecule has 3 heterocycles. The lowest BCUT2D eigenvalue weighted by molar-refractivity contribution is -0.115. The van der Waals surface area contributed by atoms with Crippen LogP contribution in [0.5, 0.6) is 0 Å². The molecule has 1 unspecified atom stereocenters. The largest absolute Gasteiger partial charge is 0.325 e. The Bertz CT molecular complexity index is 1320. The number of carbonyl (C=O) groups is 1. The van der Waals surface area contributed by atoms with Crippen molar-refractivity contribution in [3.63, 3.8) is 0 Å². The summed E-state index contributed by atoms with van der Waals surface area (Å²) in [5.41, 5.74) is 1.93. The van der Waals surface area contributed by atoms with Crippen LogP contribution in [-0.4, -0.2) is 30.3 Å². The fourth-order valence-electron chi connectivity index (χ4n) is 3.90. The van der Waals surface area contributed by atoms with Gasteiger partial charge >= 0.3 is 0 Å². The Balaban J connectivity index is 1.55. The van der Waals surface area contributed by atoms with Gasteiger partial charge in [-0.1, -0.05) is 30.0 Å². The minimum Gasteiger partial charge on any atom is -0.325 e. The van der Waals surface area contributed by atoms with Crippen LogP contribution in [0.3, 0.4) is 0 Å². The molecule has 0 spiro atoms. The van der Waals surface area contributed by atoms with Crippen LogP contribution in [0.1, 0.15) is 30.2 Å². The lowest BCUT2D eigenvalue weighted by atomic mass is 9.97. The van der Waals surface area contributed by atoms with Gasteiger partial charge in [0.25, 0.3) is 5.56 Å². The number of anilines is 1. The molecule has 1 aliphatic carbocycles. The fourth-order valence-corrected chi connectivity index (χ4v) is 6.18. The zero-order valence-electron chi connectivity index (χ0n) is 16.7. The molecule has 3 aromatic heterocycles. The van der Waals surface area contributed by atoms with Crippen molar-refractivity contribution in [2.24, 2.45) is 7.05 Å². The topological polar surface area (TPSA) is 81.3 Å². The number of aryl methyl sites for hydroxylation is 3. The Labute approximate surface area is 181 Å². The van der Waals surface area contributed by atoms with E-state index < -0.39 is 0 Å². The van der Waals surface area contributed by atoms with Crippen LogP contribution < -0.4 is 10.9 Å². The van der Waals surface area contributed by atoms with Crippen LogP contribution in [0.4, 0.5) is 5.69 Å². The fraction of sp³-hybridized carbons (Fsp3) is 0.333. The lowest BCUT2D eigenvalue weighted by Crippen LogP contribution is -2.23. The van der Waals surface area contributed by atoms with Crippen molar-refractivity contribution in [2.45, 2.75) is 43.0 Å². The summed E-state index contributed by atoms with van der Waals surface area (Å²) in [5, 5.41) is 12.6. The van der Waals surface area contributed by atoms with E-state index >= 15 is 0 Å². The standard InChI is InChI=1S/C21H21N5O2S2/c1-12(17(27)22-13-8-4-3-5-9-13)29-21-24-23-20-25(2)18(28)16-14-10-6-7-11-15(14)30-19(16)26(20)21/h3-5,8-9,12H,6-7,10-11H2,1-2H3,(H,22,27). The number of rotatable bonds is 4. The van der Waals surface area contributed by atoms with Crippen LogP contribution in [0, 0.1) is 0 Å². The zero-order valence-corrected chi connectivity index (χ0v) is 18.3. The molecule has 4 aromatic rings. The highest BCUT2D eigenvalue weighted by Crippen LogP contribution is 2.36. The lowest BCUT2D eigenvalue weighted by Gasteiger charge is -2.12. The van der Waals surface area contributed by atoms with Crippen molar-refractivity contribution in [1.29, 1.82) is 0 Å². The normalized spacial score (nSPS) is 14.7. The first-order valence-corrected chi connectivity index (χ1v) is 11.6. The number of fused-ring (bicyclic) bond motifs is 5. The number of para-hydroxylation sites is 1. The number of nitrogens with one attached hydrogen (secondary N) is 1. The summed E-state index contributed by atoms with van der Waals surface area (Å²) < 4.78 is 3.51. The van der Waals surface area contributed by atoms with Gasteiger partial charge in [0, 0.05) is 17.6 Å². The van der Waals surface area contributed by atoms with Crippen molar-refractivity contribution < 1.29 is 4.79 Å². The van der Waals surface area contributed by atoms with Crippen molar-refractivity contribution in [3.05, 3.63) is 51.1 Å². The molecule has 0 saturated carbocycles. The first kappa shape index (κ1) is 19.3. The Hall–Kier alpha value is -2.65. The molecule has 0 bridgehead atoms. The van der Waals surface area contributed by atoms with E-state index in [9.17, 15) is 9.59 Å². The monoisotopic (exact) mass is 439 g/mol. The summed E-state index contributed by atoms with van der Waals surface area (Å²) in [7, 11) is 1.73. The predicted octanol–water partition coefficient (Wildman–Crippen LogP) is 3.64. The summed E-state index contributed by atoms with van der Waals surface area (Å²) in [6, 6.07) is 9.39.